The van der Waals surface area contributed by atoms with Crippen molar-refractivity contribution in [1.29, 1.82) is 0 Å². The van der Waals surface area contributed by atoms with Crippen LogP contribution in [0.2, 0.25) is 5.02 Å². The van der Waals surface area contributed by atoms with Gasteiger partial charge in [-0.25, -0.2) is 0 Å². The Kier molecular flexibility index (Phi) is 5.73. The monoisotopic (exact) mass is 373 g/mol. The molecule has 1 aliphatic heterocycles. The van der Waals surface area contributed by atoms with Crippen molar-refractivity contribution in [2.75, 3.05) is 24.5 Å². The van der Waals surface area contributed by atoms with E-state index in [0.29, 0.717) is 29.2 Å². The van der Waals surface area contributed by atoms with Gasteiger partial charge in [-0.3, -0.25) is 14.9 Å². The number of nitro groups is 1. The molecule has 136 valence electrons. The van der Waals surface area contributed by atoms with Crippen LogP contribution in [-0.2, 0) is 6.42 Å². The minimum absolute atomic E-state index is 0.0191. The number of nitrogens with one attached hydrogen (secondary N) is 1. The van der Waals surface area contributed by atoms with Crippen LogP contribution in [0.3, 0.4) is 0 Å². The summed E-state index contributed by atoms with van der Waals surface area (Å²) in [5.41, 5.74) is 1.89. The maximum Gasteiger partial charge on any atom is 0.293 e. The average Bonchev–Trinajstić information content (AvgIpc) is 3.15. The van der Waals surface area contributed by atoms with Crippen molar-refractivity contribution in [3.63, 3.8) is 0 Å². The van der Waals surface area contributed by atoms with E-state index in [0.717, 1.165) is 31.5 Å². The van der Waals surface area contributed by atoms with Gasteiger partial charge in [-0.15, -0.1) is 0 Å². The second kappa shape index (κ2) is 8.19. The van der Waals surface area contributed by atoms with Crippen LogP contribution in [0, 0.1) is 10.1 Å². The summed E-state index contributed by atoms with van der Waals surface area (Å²) in [5, 5.41) is 14.9. The lowest BCUT2D eigenvalue weighted by Crippen LogP contribution is -2.26. The molecule has 2 aromatic rings. The predicted octanol–water partition coefficient (Wildman–Crippen LogP) is 3.82. The second-order valence-electron chi connectivity index (χ2n) is 6.29. The van der Waals surface area contributed by atoms with Crippen LogP contribution < -0.4 is 10.2 Å². The minimum Gasteiger partial charge on any atom is -0.366 e. The lowest BCUT2D eigenvalue weighted by Gasteiger charge is -2.17. The Morgan fingerprint density at radius 3 is 2.65 bits per heavy atom. The van der Waals surface area contributed by atoms with E-state index in [2.05, 4.69) is 5.32 Å². The molecule has 1 N–H and O–H groups in total. The highest BCUT2D eigenvalue weighted by Crippen LogP contribution is 2.31. The Bertz CT molecular complexity index is 819. The topological polar surface area (TPSA) is 75.5 Å². The Labute approximate surface area is 156 Å². The standard InChI is InChI=1S/C19H20ClN3O3/c20-16-5-3-4-14(12-16)8-9-21-19(24)15-6-7-17(18(13-15)23(25)26)22-10-1-2-11-22/h3-7,12-13H,1-2,8-11H2,(H,21,24). The summed E-state index contributed by atoms with van der Waals surface area (Å²) < 4.78 is 0. The first-order valence-corrected chi connectivity index (χ1v) is 8.98. The zero-order valence-electron chi connectivity index (χ0n) is 14.3. The molecule has 0 aliphatic carbocycles. The van der Waals surface area contributed by atoms with E-state index in [9.17, 15) is 14.9 Å². The smallest absolute Gasteiger partial charge is 0.293 e. The van der Waals surface area contributed by atoms with Crippen molar-refractivity contribution in [3.8, 4) is 0 Å². The van der Waals surface area contributed by atoms with E-state index in [1.54, 1.807) is 18.2 Å². The highest BCUT2D eigenvalue weighted by atomic mass is 35.5. The summed E-state index contributed by atoms with van der Waals surface area (Å²) in [4.78, 5) is 25.3. The van der Waals surface area contributed by atoms with E-state index in [1.165, 1.54) is 6.07 Å². The zero-order valence-corrected chi connectivity index (χ0v) is 15.0. The van der Waals surface area contributed by atoms with Gasteiger partial charge in [-0.05, 0) is 49.1 Å². The minimum atomic E-state index is -0.420. The van der Waals surface area contributed by atoms with Gasteiger partial charge in [0, 0.05) is 36.3 Å². The van der Waals surface area contributed by atoms with Gasteiger partial charge in [-0.2, -0.15) is 0 Å². The normalized spacial score (nSPS) is 13.7. The summed E-state index contributed by atoms with van der Waals surface area (Å²) in [6.07, 6.45) is 2.70. The molecule has 0 bridgehead atoms. The van der Waals surface area contributed by atoms with Gasteiger partial charge in [0.15, 0.2) is 0 Å². The predicted molar refractivity (Wildman–Crippen MR) is 102 cm³/mol. The molecular weight excluding hydrogens is 354 g/mol. The third-order valence-corrected chi connectivity index (χ3v) is 4.70. The average molecular weight is 374 g/mol. The molecule has 0 atom stereocenters. The molecule has 0 saturated carbocycles. The number of nitro benzene ring substituents is 1. The largest absolute Gasteiger partial charge is 0.366 e. The number of carbonyl (C=O) groups is 1. The molecule has 1 heterocycles. The molecule has 7 heteroatoms. The van der Waals surface area contributed by atoms with Crippen LogP contribution in [0.5, 0.6) is 0 Å². The van der Waals surface area contributed by atoms with Gasteiger partial charge in [-0.1, -0.05) is 23.7 Å². The van der Waals surface area contributed by atoms with Gasteiger partial charge < -0.3 is 10.2 Å². The Morgan fingerprint density at radius 2 is 1.96 bits per heavy atom. The molecule has 1 amide bonds. The molecule has 2 aromatic carbocycles. The van der Waals surface area contributed by atoms with E-state index < -0.39 is 4.92 Å². The van der Waals surface area contributed by atoms with Crippen LogP contribution in [0.15, 0.2) is 42.5 Å². The second-order valence-corrected chi connectivity index (χ2v) is 6.73. The summed E-state index contributed by atoms with van der Waals surface area (Å²) in [5.74, 6) is -0.317. The van der Waals surface area contributed by atoms with Crippen molar-refractivity contribution in [3.05, 3.63) is 68.7 Å². The van der Waals surface area contributed by atoms with Crippen molar-refractivity contribution in [1.82, 2.24) is 5.32 Å². The van der Waals surface area contributed by atoms with Crippen molar-refractivity contribution in [2.45, 2.75) is 19.3 Å². The molecule has 1 saturated heterocycles. The zero-order chi connectivity index (χ0) is 18.5. The third kappa shape index (κ3) is 4.32. The molecule has 1 aliphatic rings. The quantitative estimate of drug-likeness (QED) is 0.617. The Hall–Kier alpha value is -2.60. The number of hydrogen-bond donors (Lipinski definition) is 1. The molecule has 26 heavy (non-hydrogen) atoms. The number of anilines is 1. The number of benzene rings is 2. The summed E-state index contributed by atoms with van der Waals surface area (Å²) in [6.45, 7) is 2.05. The summed E-state index contributed by atoms with van der Waals surface area (Å²) in [7, 11) is 0. The molecule has 0 spiro atoms. The first-order valence-electron chi connectivity index (χ1n) is 8.60. The first kappa shape index (κ1) is 18.2. The van der Waals surface area contributed by atoms with Gasteiger partial charge >= 0.3 is 0 Å². The van der Waals surface area contributed by atoms with Crippen LogP contribution in [-0.4, -0.2) is 30.5 Å². The lowest BCUT2D eigenvalue weighted by molar-refractivity contribution is -0.384. The molecule has 6 nitrogen and oxygen atoms in total. The molecule has 3 rings (SSSR count). The maximum atomic E-state index is 12.3. The molecule has 0 aromatic heterocycles. The Morgan fingerprint density at radius 1 is 1.19 bits per heavy atom. The fourth-order valence-electron chi connectivity index (χ4n) is 3.15. The molecular formula is C19H20ClN3O3. The number of hydrogen-bond acceptors (Lipinski definition) is 4. The van der Waals surface area contributed by atoms with E-state index >= 15 is 0 Å². The lowest BCUT2D eigenvalue weighted by atomic mass is 10.1. The van der Waals surface area contributed by atoms with Crippen LogP contribution in [0.25, 0.3) is 0 Å². The van der Waals surface area contributed by atoms with Crippen LogP contribution in [0.4, 0.5) is 11.4 Å². The van der Waals surface area contributed by atoms with Gasteiger partial charge in [0.2, 0.25) is 0 Å². The number of rotatable bonds is 6. The Balaban J connectivity index is 1.67. The van der Waals surface area contributed by atoms with Crippen molar-refractivity contribution >= 4 is 28.9 Å². The first-order chi connectivity index (χ1) is 12.5. The number of carbonyl (C=O) groups excluding carboxylic acids is 1. The summed E-state index contributed by atoms with van der Waals surface area (Å²) in [6, 6.07) is 12.1. The highest BCUT2D eigenvalue weighted by molar-refractivity contribution is 6.30. The molecule has 0 radical (unpaired) electrons. The maximum absolute atomic E-state index is 12.3. The SMILES string of the molecule is O=C(NCCc1cccc(Cl)c1)c1ccc(N2CCCC2)c([N+](=O)[O-])c1. The van der Waals surface area contributed by atoms with Crippen molar-refractivity contribution < 1.29 is 9.72 Å². The highest BCUT2D eigenvalue weighted by Gasteiger charge is 2.23. The van der Waals surface area contributed by atoms with E-state index in [-0.39, 0.29) is 11.6 Å². The van der Waals surface area contributed by atoms with Crippen LogP contribution in [0.1, 0.15) is 28.8 Å². The fourth-order valence-corrected chi connectivity index (χ4v) is 3.36. The van der Waals surface area contributed by atoms with Crippen molar-refractivity contribution in [2.24, 2.45) is 0 Å². The van der Waals surface area contributed by atoms with E-state index in [1.807, 2.05) is 23.1 Å². The van der Waals surface area contributed by atoms with Crippen LogP contribution >= 0.6 is 11.6 Å². The molecule has 1 fully saturated rings. The number of halogens is 1. The van der Waals surface area contributed by atoms with Gasteiger partial charge in [0.1, 0.15) is 5.69 Å². The van der Waals surface area contributed by atoms with E-state index in [4.69, 9.17) is 11.6 Å². The fraction of sp³-hybridized carbons (Fsp3) is 0.316. The third-order valence-electron chi connectivity index (χ3n) is 4.47. The summed E-state index contributed by atoms with van der Waals surface area (Å²) >= 11 is 5.94. The number of nitrogens with zero attached hydrogens (tertiary/aromatic N) is 2. The van der Waals surface area contributed by atoms with Gasteiger partial charge in [0.05, 0.1) is 4.92 Å². The van der Waals surface area contributed by atoms with Gasteiger partial charge in [0.25, 0.3) is 11.6 Å². The molecule has 0 unspecified atom stereocenters. The number of amides is 1.